The summed E-state index contributed by atoms with van der Waals surface area (Å²) < 4.78 is 10.8. The number of methoxy groups -OCH3 is 1. The highest BCUT2D eigenvalue weighted by molar-refractivity contribution is 5.79. The van der Waals surface area contributed by atoms with Gasteiger partial charge in [-0.1, -0.05) is 30.3 Å². The second-order valence-electron chi connectivity index (χ2n) is 5.54. The third-order valence-electron chi connectivity index (χ3n) is 3.71. The Balaban J connectivity index is 1.58. The lowest BCUT2D eigenvalue weighted by molar-refractivity contribution is 0.311. The van der Waals surface area contributed by atoms with Gasteiger partial charge in [0.05, 0.1) is 13.7 Å². The van der Waals surface area contributed by atoms with Crippen molar-refractivity contribution in [2.75, 3.05) is 33.9 Å². The van der Waals surface area contributed by atoms with E-state index in [-0.39, 0.29) is 0 Å². The smallest absolute Gasteiger partial charge is 0.190 e. The predicted molar refractivity (Wildman–Crippen MR) is 103 cm³/mol. The molecular formula is C20H27N3O2. The topological polar surface area (TPSA) is 54.9 Å². The van der Waals surface area contributed by atoms with E-state index in [1.165, 1.54) is 5.56 Å². The summed E-state index contributed by atoms with van der Waals surface area (Å²) >= 11 is 0. The quantitative estimate of drug-likeness (QED) is 0.418. The normalized spacial score (nSPS) is 11.0. The van der Waals surface area contributed by atoms with Crippen molar-refractivity contribution in [2.45, 2.75) is 12.8 Å². The molecule has 0 unspecified atom stereocenters. The molecule has 0 saturated carbocycles. The highest BCUT2D eigenvalue weighted by Crippen LogP contribution is 2.11. The van der Waals surface area contributed by atoms with Crippen molar-refractivity contribution in [1.29, 1.82) is 0 Å². The largest absolute Gasteiger partial charge is 0.497 e. The average Bonchev–Trinajstić information content (AvgIpc) is 2.67. The molecule has 0 aliphatic carbocycles. The van der Waals surface area contributed by atoms with Crippen LogP contribution in [0.1, 0.15) is 12.0 Å². The van der Waals surface area contributed by atoms with Gasteiger partial charge in [0.25, 0.3) is 0 Å². The van der Waals surface area contributed by atoms with Crippen molar-refractivity contribution in [3.63, 3.8) is 0 Å². The van der Waals surface area contributed by atoms with Crippen molar-refractivity contribution in [3.05, 3.63) is 60.2 Å². The molecule has 0 radical (unpaired) electrons. The first-order valence-corrected chi connectivity index (χ1v) is 8.57. The number of hydrogen-bond donors (Lipinski definition) is 2. The summed E-state index contributed by atoms with van der Waals surface area (Å²) in [5, 5.41) is 6.62. The summed E-state index contributed by atoms with van der Waals surface area (Å²) in [5.41, 5.74) is 1.26. The van der Waals surface area contributed by atoms with Gasteiger partial charge in [-0.25, -0.2) is 0 Å². The van der Waals surface area contributed by atoms with E-state index >= 15 is 0 Å². The second-order valence-corrected chi connectivity index (χ2v) is 5.54. The van der Waals surface area contributed by atoms with E-state index in [0.717, 1.165) is 43.4 Å². The maximum Gasteiger partial charge on any atom is 0.190 e. The van der Waals surface area contributed by atoms with Crippen molar-refractivity contribution in [1.82, 2.24) is 10.6 Å². The van der Waals surface area contributed by atoms with E-state index in [9.17, 15) is 0 Å². The fourth-order valence-corrected chi connectivity index (χ4v) is 2.32. The highest BCUT2D eigenvalue weighted by Gasteiger charge is 1.99. The fourth-order valence-electron chi connectivity index (χ4n) is 2.32. The Morgan fingerprint density at radius 1 is 0.920 bits per heavy atom. The minimum atomic E-state index is 0.680. The number of rotatable bonds is 9. The molecule has 5 nitrogen and oxygen atoms in total. The van der Waals surface area contributed by atoms with Crippen LogP contribution in [0.2, 0.25) is 0 Å². The third kappa shape index (κ3) is 7.16. The Morgan fingerprint density at radius 2 is 1.64 bits per heavy atom. The number of para-hydroxylation sites is 1. The van der Waals surface area contributed by atoms with Crippen molar-refractivity contribution in [3.8, 4) is 11.5 Å². The molecule has 0 aliphatic rings. The van der Waals surface area contributed by atoms with Crippen molar-refractivity contribution in [2.24, 2.45) is 4.99 Å². The number of guanidine groups is 1. The number of benzene rings is 2. The number of nitrogens with zero attached hydrogens (tertiary/aromatic N) is 1. The molecule has 0 fully saturated rings. The molecule has 5 heteroatoms. The Labute approximate surface area is 150 Å². The summed E-state index contributed by atoms with van der Waals surface area (Å²) in [4.78, 5) is 4.24. The molecule has 25 heavy (non-hydrogen) atoms. The van der Waals surface area contributed by atoms with Gasteiger partial charge in [0.15, 0.2) is 5.96 Å². The molecule has 2 aromatic rings. The van der Waals surface area contributed by atoms with Crippen molar-refractivity contribution < 1.29 is 9.47 Å². The summed E-state index contributed by atoms with van der Waals surface area (Å²) in [6, 6.07) is 18.0. The lowest BCUT2D eigenvalue weighted by atomic mass is 10.1. The van der Waals surface area contributed by atoms with Crippen LogP contribution in [0.25, 0.3) is 0 Å². The van der Waals surface area contributed by atoms with E-state index in [1.807, 2.05) is 42.5 Å². The average molecular weight is 341 g/mol. The number of ether oxygens (including phenoxy) is 2. The molecule has 0 amide bonds. The predicted octanol–water partition coefficient (Wildman–Crippen LogP) is 2.87. The third-order valence-corrected chi connectivity index (χ3v) is 3.71. The van der Waals surface area contributed by atoms with Crippen molar-refractivity contribution >= 4 is 5.96 Å². The zero-order valence-electron chi connectivity index (χ0n) is 15.0. The highest BCUT2D eigenvalue weighted by atomic mass is 16.5. The monoisotopic (exact) mass is 341 g/mol. The Hall–Kier alpha value is -2.69. The summed E-state index contributed by atoms with van der Waals surface area (Å²) in [6.07, 6.45) is 1.84. The number of hydrogen-bond acceptors (Lipinski definition) is 3. The van der Waals surface area contributed by atoms with Gasteiger partial charge in [0.1, 0.15) is 11.5 Å². The van der Waals surface area contributed by atoms with Crippen LogP contribution >= 0.6 is 0 Å². The first-order chi connectivity index (χ1) is 12.3. The van der Waals surface area contributed by atoms with Crippen LogP contribution < -0.4 is 20.1 Å². The van der Waals surface area contributed by atoms with Gasteiger partial charge in [-0.15, -0.1) is 0 Å². The summed E-state index contributed by atoms with van der Waals surface area (Å²) in [6.45, 7) is 2.32. The minimum Gasteiger partial charge on any atom is -0.497 e. The zero-order chi connectivity index (χ0) is 17.7. The maximum atomic E-state index is 5.67. The van der Waals surface area contributed by atoms with E-state index < -0.39 is 0 Å². The van der Waals surface area contributed by atoms with Crippen LogP contribution in [-0.4, -0.2) is 39.8 Å². The molecule has 0 aromatic heterocycles. The fraction of sp³-hybridized carbons (Fsp3) is 0.350. The van der Waals surface area contributed by atoms with Gasteiger partial charge in [0, 0.05) is 20.1 Å². The summed E-state index contributed by atoms with van der Waals surface area (Å²) in [5.74, 6) is 2.60. The summed E-state index contributed by atoms with van der Waals surface area (Å²) in [7, 11) is 3.46. The zero-order valence-corrected chi connectivity index (χ0v) is 15.0. The van der Waals surface area contributed by atoms with Crippen LogP contribution in [-0.2, 0) is 6.42 Å². The van der Waals surface area contributed by atoms with Crippen LogP contribution in [0.4, 0.5) is 0 Å². The van der Waals surface area contributed by atoms with Gasteiger partial charge >= 0.3 is 0 Å². The number of nitrogens with one attached hydrogen (secondary N) is 2. The first kappa shape index (κ1) is 18.6. The lowest BCUT2D eigenvalue weighted by Gasteiger charge is -2.12. The number of aliphatic imine (C=N–C) groups is 1. The van der Waals surface area contributed by atoms with Gasteiger partial charge < -0.3 is 20.1 Å². The Kier molecular flexibility index (Phi) is 8.18. The molecule has 2 rings (SSSR count). The minimum absolute atomic E-state index is 0.680. The standard InChI is InChI=1S/C20H27N3O2/c1-21-20(22-14-6-16-25-19-7-4-3-5-8-19)23-15-13-17-9-11-18(24-2)12-10-17/h3-5,7-12H,6,13-16H2,1-2H3,(H2,21,22,23). The SMILES string of the molecule is CN=C(NCCCOc1ccccc1)NCCc1ccc(OC)cc1. The molecule has 134 valence electrons. The molecule has 0 heterocycles. The van der Waals surface area contributed by atoms with Gasteiger partial charge in [-0.3, -0.25) is 4.99 Å². The van der Waals surface area contributed by atoms with E-state index in [1.54, 1.807) is 14.2 Å². The Bertz CT molecular complexity index is 627. The lowest BCUT2D eigenvalue weighted by Crippen LogP contribution is -2.39. The van der Waals surface area contributed by atoms with Gasteiger partial charge in [-0.2, -0.15) is 0 Å². The molecular weight excluding hydrogens is 314 g/mol. The molecule has 0 saturated heterocycles. The second kappa shape index (κ2) is 11.0. The van der Waals surface area contributed by atoms with Crippen LogP contribution in [0.5, 0.6) is 11.5 Å². The van der Waals surface area contributed by atoms with Crippen LogP contribution in [0.3, 0.4) is 0 Å². The molecule has 0 bridgehead atoms. The van der Waals surface area contributed by atoms with Crippen LogP contribution in [0.15, 0.2) is 59.6 Å². The Morgan fingerprint density at radius 3 is 2.32 bits per heavy atom. The van der Waals surface area contributed by atoms with E-state index in [2.05, 4.69) is 27.8 Å². The van der Waals surface area contributed by atoms with E-state index in [4.69, 9.17) is 9.47 Å². The first-order valence-electron chi connectivity index (χ1n) is 8.57. The molecule has 2 N–H and O–H groups in total. The van der Waals surface area contributed by atoms with Gasteiger partial charge in [-0.05, 0) is 42.7 Å². The molecule has 0 atom stereocenters. The molecule has 2 aromatic carbocycles. The molecule has 0 spiro atoms. The molecule has 0 aliphatic heterocycles. The van der Waals surface area contributed by atoms with Gasteiger partial charge in [0.2, 0.25) is 0 Å². The van der Waals surface area contributed by atoms with E-state index in [0.29, 0.717) is 6.61 Å². The van der Waals surface area contributed by atoms with Crippen LogP contribution in [0, 0.1) is 0 Å². The maximum absolute atomic E-state index is 5.67.